The van der Waals surface area contributed by atoms with Crippen LogP contribution in [-0.4, -0.2) is 18.5 Å². The molecule has 0 spiro atoms. The van der Waals surface area contributed by atoms with Crippen LogP contribution >= 0.6 is 23.2 Å². The summed E-state index contributed by atoms with van der Waals surface area (Å²) in [6.07, 6.45) is 0. The second-order valence-electron chi connectivity index (χ2n) is 4.30. The van der Waals surface area contributed by atoms with Crippen LogP contribution in [0, 0.1) is 0 Å². The zero-order chi connectivity index (χ0) is 16.1. The van der Waals surface area contributed by atoms with Crippen molar-refractivity contribution in [3.63, 3.8) is 0 Å². The van der Waals surface area contributed by atoms with Gasteiger partial charge in [0, 0.05) is 10.0 Å². The minimum atomic E-state index is -0.620. The second-order valence-corrected chi connectivity index (χ2v) is 5.17. The summed E-state index contributed by atoms with van der Waals surface area (Å²) in [6.45, 7) is 1.98. The van der Waals surface area contributed by atoms with E-state index in [4.69, 9.17) is 32.7 Å². The molecule has 0 unspecified atom stereocenters. The van der Waals surface area contributed by atoms with Crippen molar-refractivity contribution in [3.8, 4) is 5.75 Å². The van der Waals surface area contributed by atoms with Gasteiger partial charge in [0.15, 0.2) is 0 Å². The molecule has 0 heterocycles. The SMILES string of the molecule is CCOC(=O)c1cccc(OC(=O)c2cc(Cl)cc(Cl)c2)c1. The van der Waals surface area contributed by atoms with Crippen LogP contribution in [0.15, 0.2) is 42.5 Å². The van der Waals surface area contributed by atoms with Crippen LogP contribution in [-0.2, 0) is 4.74 Å². The van der Waals surface area contributed by atoms with E-state index >= 15 is 0 Å². The van der Waals surface area contributed by atoms with E-state index in [-0.39, 0.29) is 17.9 Å². The summed E-state index contributed by atoms with van der Waals surface area (Å²) in [6, 6.07) is 10.6. The van der Waals surface area contributed by atoms with Gasteiger partial charge in [-0.2, -0.15) is 0 Å². The van der Waals surface area contributed by atoms with Gasteiger partial charge >= 0.3 is 11.9 Å². The number of carbonyl (C=O) groups excluding carboxylic acids is 2. The van der Waals surface area contributed by atoms with Gasteiger partial charge in [0.25, 0.3) is 0 Å². The van der Waals surface area contributed by atoms with Gasteiger partial charge in [-0.3, -0.25) is 0 Å². The maximum atomic E-state index is 12.1. The highest BCUT2D eigenvalue weighted by molar-refractivity contribution is 6.35. The Morgan fingerprint density at radius 3 is 2.27 bits per heavy atom. The second kappa shape index (κ2) is 7.29. The molecule has 2 aromatic rings. The first-order chi connectivity index (χ1) is 10.5. The van der Waals surface area contributed by atoms with Crippen LogP contribution in [0.1, 0.15) is 27.6 Å². The monoisotopic (exact) mass is 338 g/mol. The predicted octanol–water partition coefficient (Wildman–Crippen LogP) is 4.39. The molecule has 0 bridgehead atoms. The zero-order valence-corrected chi connectivity index (χ0v) is 13.1. The average Bonchev–Trinajstić information content (AvgIpc) is 2.46. The van der Waals surface area contributed by atoms with Crippen molar-refractivity contribution in [1.82, 2.24) is 0 Å². The van der Waals surface area contributed by atoms with Gasteiger partial charge in [-0.15, -0.1) is 0 Å². The molecular weight excluding hydrogens is 327 g/mol. The first-order valence-corrected chi connectivity index (χ1v) is 7.20. The minimum absolute atomic E-state index is 0.221. The number of carbonyl (C=O) groups is 2. The van der Waals surface area contributed by atoms with E-state index in [2.05, 4.69) is 0 Å². The smallest absolute Gasteiger partial charge is 0.343 e. The van der Waals surface area contributed by atoms with Crippen molar-refractivity contribution < 1.29 is 19.1 Å². The third-order valence-corrected chi connectivity index (χ3v) is 3.09. The largest absolute Gasteiger partial charge is 0.462 e. The summed E-state index contributed by atoms with van der Waals surface area (Å²) in [5, 5.41) is 0.666. The van der Waals surface area contributed by atoms with Crippen LogP contribution in [0.2, 0.25) is 10.0 Å². The Bertz CT molecular complexity index is 693. The molecule has 0 saturated carbocycles. The number of ether oxygens (including phenoxy) is 2. The summed E-state index contributed by atoms with van der Waals surface area (Å²) in [5.41, 5.74) is 0.523. The fourth-order valence-electron chi connectivity index (χ4n) is 1.74. The van der Waals surface area contributed by atoms with Gasteiger partial charge in [-0.25, -0.2) is 9.59 Å². The molecule has 0 fully saturated rings. The summed E-state index contributed by atoms with van der Waals surface area (Å²) >= 11 is 11.7. The molecule has 0 N–H and O–H groups in total. The van der Waals surface area contributed by atoms with E-state index in [0.717, 1.165) is 0 Å². The lowest BCUT2D eigenvalue weighted by atomic mass is 10.2. The molecular formula is C16H12Cl2O4. The van der Waals surface area contributed by atoms with E-state index in [0.29, 0.717) is 15.6 Å². The Kier molecular flexibility index (Phi) is 5.41. The van der Waals surface area contributed by atoms with Crippen molar-refractivity contribution in [2.24, 2.45) is 0 Å². The van der Waals surface area contributed by atoms with E-state index in [1.165, 1.54) is 24.3 Å². The molecule has 2 rings (SSSR count). The van der Waals surface area contributed by atoms with Crippen molar-refractivity contribution in [3.05, 3.63) is 63.6 Å². The minimum Gasteiger partial charge on any atom is -0.462 e. The number of esters is 2. The van der Waals surface area contributed by atoms with Gasteiger partial charge in [0.05, 0.1) is 17.7 Å². The molecule has 22 heavy (non-hydrogen) atoms. The summed E-state index contributed by atoms with van der Waals surface area (Å²) in [5.74, 6) is -0.872. The normalized spacial score (nSPS) is 10.1. The topological polar surface area (TPSA) is 52.6 Å². The standard InChI is InChI=1S/C16H12Cl2O4/c1-2-21-15(19)10-4-3-5-14(8-10)22-16(20)11-6-12(17)9-13(18)7-11/h3-9H,2H2,1H3. The molecule has 0 aromatic heterocycles. The average molecular weight is 339 g/mol. The molecule has 0 atom stereocenters. The molecule has 0 radical (unpaired) electrons. The third-order valence-electron chi connectivity index (χ3n) is 2.65. The molecule has 114 valence electrons. The van der Waals surface area contributed by atoms with E-state index in [1.807, 2.05) is 0 Å². The van der Waals surface area contributed by atoms with Crippen LogP contribution in [0.4, 0.5) is 0 Å². The fraction of sp³-hybridized carbons (Fsp3) is 0.125. The Morgan fingerprint density at radius 2 is 1.64 bits per heavy atom. The van der Waals surface area contributed by atoms with Gasteiger partial charge in [-0.05, 0) is 43.3 Å². The van der Waals surface area contributed by atoms with Crippen molar-refractivity contribution in [2.45, 2.75) is 6.92 Å². The lowest BCUT2D eigenvalue weighted by Gasteiger charge is -2.07. The number of halogens is 2. The van der Waals surface area contributed by atoms with Gasteiger partial charge in [0.2, 0.25) is 0 Å². The quantitative estimate of drug-likeness (QED) is 0.612. The van der Waals surface area contributed by atoms with Crippen LogP contribution in [0.3, 0.4) is 0 Å². The van der Waals surface area contributed by atoms with Crippen LogP contribution < -0.4 is 4.74 Å². The number of benzene rings is 2. The van der Waals surface area contributed by atoms with Crippen molar-refractivity contribution in [1.29, 1.82) is 0 Å². The molecule has 0 aliphatic heterocycles. The first kappa shape index (κ1) is 16.3. The highest BCUT2D eigenvalue weighted by atomic mass is 35.5. The molecule has 0 aliphatic carbocycles. The fourth-order valence-corrected chi connectivity index (χ4v) is 2.26. The molecule has 0 amide bonds. The lowest BCUT2D eigenvalue weighted by molar-refractivity contribution is 0.0524. The summed E-state index contributed by atoms with van der Waals surface area (Å²) in [7, 11) is 0. The Labute approximate surface area is 137 Å². The number of hydrogen-bond donors (Lipinski definition) is 0. The Hall–Kier alpha value is -2.04. The zero-order valence-electron chi connectivity index (χ0n) is 11.6. The molecule has 4 nitrogen and oxygen atoms in total. The maximum Gasteiger partial charge on any atom is 0.343 e. The number of rotatable bonds is 4. The van der Waals surface area contributed by atoms with Crippen LogP contribution in [0.25, 0.3) is 0 Å². The Morgan fingerprint density at radius 1 is 0.955 bits per heavy atom. The third kappa shape index (κ3) is 4.23. The van der Waals surface area contributed by atoms with E-state index < -0.39 is 11.9 Å². The lowest BCUT2D eigenvalue weighted by Crippen LogP contribution is -2.10. The molecule has 0 saturated heterocycles. The van der Waals surface area contributed by atoms with Crippen molar-refractivity contribution >= 4 is 35.1 Å². The molecule has 0 aliphatic rings. The summed E-state index contributed by atoms with van der Waals surface area (Å²) in [4.78, 5) is 23.7. The highest BCUT2D eigenvalue weighted by Crippen LogP contribution is 2.21. The predicted molar refractivity (Wildman–Crippen MR) is 83.8 cm³/mol. The first-order valence-electron chi connectivity index (χ1n) is 6.45. The van der Waals surface area contributed by atoms with Gasteiger partial charge in [-0.1, -0.05) is 29.3 Å². The Balaban J connectivity index is 2.18. The summed E-state index contributed by atoms with van der Waals surface area (Å²) < 4.78 is 10.1. The maximum absolute atomic E-state index is 12.1. The number of hydrogen-bond acceptors (Lipinski definition) is 4. The molecule has 2 aromatic carbocycles. The van der Waals surface area contributed by atoms with E-state index in [9.17, 15) is 9.59 Å². The van der Waals surface area contributed by atoms with Gasteiger partial charge < -0.3 is 9.47 Å². The van der Waals surface area contributed by atoms with Gasteiger partial charge in [0.1, 0.15) is 5.75 Å². The highest BCUT2D eigenvalue weighted by Gasteiger charge is 2.13. The molecule has 6 heteroatoms. The van der Waals surface area contributed by atoms with Crippen LogP contribution in [0.5, 0.6) is 5.75 Å². The van der Waals surface area contributed by atoms with E-state index in [1.54, 1.807) is 25.1 Å². The van der Waals surface area contributed by atoms with Crippen molar-refractivity contribution in [2.75, 3.05) is 6.61 Å².